The fourth-order valence-corrected chi connectivity index (χ4v) is 1.75. The molecule has 6 nitrogen and oxygen atoms in total. The summed E-state index contributed by atoms with van der Waals surface area (Å²) in [6, 6.07) is 14.3. The maximum atomic E-state index is 11.7. The van der Waals surface area contributed by atoms with Crippen molar-refractivity contribution in [1.82, 2.24) is 5.43 Å². The summed E-state index contributed by atoms with van der Waals surface area (Å²) in [4.78, 5) is 11.7. The zero-order valence-electron chi connectivity index (χ0n) is 13.0. The van der Waals surface area contributed by atoms with Gasteiger partial charge in [0.05, 0.1) is 20.4 Å². The number of carbonyl (C=O) groups excluding carboxylic acids is 1. The number of amides is 1. The molecule has 0 unspecified atom stereocenters. The second-order valence-electron chi connectivity index (χ2n) is 4.53. The Hall–Kier alpha value is -3.02. The predicted octanol–water partition coefficient (Wildman–Crippen LogP) is 2.23. The van der Waals surface area contributed by atoms with Crippen molar-refractivity contribution in [3.63, 3.8) is 0 Å². The van der Waals surface area contributed by atoms with Crippen molar-refractivity contribution in [1.29, 1.82) is 0 Å². The van der Waals surface area contributed by atoms with E-state index in [1.807, 2.05) is 24.3 Å². The Morgan fingerprint density at radius 3 is 2.43 bits per heavy atom. The van der Waals surface area contributed by atoms with Crippen LogP contribution < -0.4 is 19.6 Å². The Morgan fingerprint density at radius 1 is 1.04 bits per heavy atom. The van der Waals surface area contributed by atoms with Crippen LogP contribution in [0.3, 0.4) is 0 Å². The van der Waals surface area contributed by atoms with Gasteiger partial charge in [0.1, 0.15) is 17.2 Å². The van der Waals surface area contributed by atoms with Crippen molar-refractivity contribution < 1.29 is 19.0 Å². The van der Waals surface area contributed by atoms with Gasteiger partial charge in [-0.1, -0.05) is 12.1 Å². The molecule has 6 heteroatoms. The first kappa shape index (κ1) is 16.4. The minimum absolute atomic E-state index is 0.123. The van der Waals surface area contributed by atoms with Gasteiger partial charge in [0.15, 0.2) is 6.61 Å². The van der Waals surface area contributed by atoms with E-state index in [1.165, 1.54) is 6.21 Å². The van der Waals surface area contributed by atoms with Gasteiger partial charge in [0, 0.05) is 0 Å². The summed E-state index contributed by atoms with van der Waals surface area (Å²) in [7, 11) is 3.18. The number of hydrazone groups is 1. The fraction of sp³-hybridized carbons (Fsp3) is 0.176. The van der Waals surface area contributed by atoms with E-state index in [-0.39, 0.29) is 12.5 Å². The fourth-order valence-electron chi connectivity index (χ4n) is 1.75. The number of nitrogens with one attached hydrogen (secondary N) is 1. The van der Waals surface area contributed by atoms with E-state index in [1.54, 1.807) is 38.5 Å². The van der Waals surface area contributed by atoms with Crippen molar-refractivity contribution >= 4 is 12.1 Å². The van der Waals surface area contributed by atoms with Crippen LogP contribution in [-0.2, 0) is 4.79 Å². The molecule has 0 aromatic heterocycles. The topological polar surface area (TPSA) is 69.2 Å². The van der Waals surface area contributed by atoms with Crippen LogP contribution in [0.15, 0.2) is 53.6 Å². The Balaban J connectivity index is 1.78. The standard InChI is InChI=1S/C17H18N2O4/c1-21-14-6-8-15(9-7-14)23-12-17(20)19-18-11-13-4-3-5-16(10-13)22-2/h3-11H,12H2,1-2H3,(H,19,20). The molecule has 2 rings (SSSR count). The van der Waals surface area contributed by atoms with Crippen LogP contribution in [0.5, 0.6) is 17.2 Å². The molecule has 0 aliphatic carbocycles. The number of hydrogen-bond acceptors (Lipinski definition) is 5. The van der Waals surface area contributed by atoms with Crippen LogP contribution >= 0.6 is 0 Å². The van der Waals surface area contributed by atoms with E-state index in [0.717, 1.165) is 17.1 Å². The lowest BCUT2D eigenvalue weighted by atomic mass is 10.2. The van der Waals surface area contributed by atoms with Gasteiger partial charge in [0.25, 0.3) is 5.91 Å². The first-order valence-corrected chi connectivity index (χ1v) is 6.94. The normalized spacial score (nSPS) is 10.3. The summed E-state index contributed by atoms with van der Waals surface area (Å²) < 4.78 is 15.5. The van der Waals surface area contributed by atoms with Gasteiger partial charge < -0.3 is 14.2 Å². The predicted molar refractivity (Wildman–Crippen MR) is 87.2 cm³/mol. The molecule has 0 radical (unpaired) electrons. The lowest BCUT2D eigenvalue weighted by Gasteiger charge is -2.06. The molecule has 0 saturated carbocycles. The van der Waals surface area contributed by atoms with Crippen LogP contribution in [0, 0.1) is 0 Å². The molecule has 23 heavy (non-hydrogen) atoms. The molecule has 1 amide bonds. The number of rotatable bonds is 7. The van der Waals surface area contributed by atoms with Crippen LogP contribution in [0.1, 0.15) is 5.56 Å². The Morgan fingerprint density at radius 2 is 1.74 bits per heavy atom. The van der Waals surface area contributed by atoms with Crippen molar-refractivity contribution in [2.24, 2.45) is 5.10 Å². The summed E-state index contributed by atoms with van der Waals surface area (Å²) in [5.41, 5.74) is 3.22. The third-order valence-electron chi connectivity index (χ3n) is 2.93. The summed E-state index contributed by atoms with van der Waals surface area (Å²) in [5, 5.41) is 3.88. The van der Waals surface area contributed by atoms with Crippen molar-refractivity contribution in [2.45, 2.75) is 0 Å². The summed E-state index contributed by atoms with van der Waals surface area (Å²) in [5.74, 6) is 1.69. The number of nitrogens with zero attached hydrogens (tertiary/aromatic N) is 1. The quantitative estimate of drug-likeness (QED) is 0.628. The van der Waals surface area contributed by atoms with Crippen molar-refractivity contribution in [3.8, 4) is 17.2 Å². The summed E-state index contributed by atoms with van der Waals surface area (Å²) in [6.45, 7) is -0.123. The molecule has 1 N–H and O–H groups in total. The Labute approximate surface area is 134 Å². The van der Waals surface area contributed by atoms with Gasteiger partial charge in [-0.2, -0.15) is 5.10 Å². The SMILES string of the molecule is COc1ccc(OCC(=O)NN=Cc2cccc(OC)c2)cc1. The first-order valence-electron chi connectivity index (χ1n) is 6.94. The lowest BCUT2D eigenvalue weighted by molar-refractivity contribution is -0.123. The molecular formula is C17H18N2O4. The second kappa shape index (κ2) is 8.43. The smallest absolute Gasteiger partial charge is 0.277 e. The molecule has 2 aromatic rings. The van der Waals surface area contributed by atoms with Gasteiger partial charge in [-0.15, -0.1) is 0 Å². The highest BCUT2D eigenvalue weighted by atomic mass is 16.5. The summed E-state index contributed by atoms with van der Waals surface area (Å²) in [6.07, 6.45) is 1.54. The highest BCUT2D eigenvalue weighted by Gasteiger charge is 2.01. The Kier molecular flexibility index (Phi) is 5.99. The second-order valence-corrected chi connectivity index (χ2v) is 4.53. The lowest BCUT2D eigenvalue weighted by Crippen LogP contribution is -2.24. The van der Waals surface area contributed by atoms with Crippen LogP contribution in [0.2, 0.25) is 0 Å². The molecule has 0 saturated heterocycles. The maximum Gasteiger partial charge on any atom is 0.277 e. The van der Waals surface area contributed by atoms with Crippen molar-refractivity contribution in [3.05, 3.63) is 54.1 Å². The molecule has 0 spiro atoms. The van der Waals surface area contributed by atoms with E-state index in [0.29, 0.717) is 5.75 Å². The van der Waals surface area contributed by atoms with Gasteiger partial charge >= 0.3 is 0 Å². The number of hydrogen-bond donors (Lipinski definition) is 1. The van der Waals surface area contributed by atoms with Crippen LogP contribution in [-0.4, -0.2) is 32.9 Å². The minimum atomic E-state index is -0.347. The third-order valence-corrected chi connectivity index (χ3v) is 2.93. The van der Waals surface area contributed by atoms with Gasteiger partial charge in [-0.05, 0) is 42.0 Å². The van der Waals surface area contributed by atoms with E-state index < -0.39 is 0 Å². The average molecular weight is 314 g/mol. The van der Waals surface area contributed by atoms with E-state index in [2.05, 4.69) is 10.5 Å². The maximum absolute atomic E-state index is 11.7. The molecule has 2 aromatic carbocycles. The molecule has 0 aliphatic rings. The highest BCUT2D eigenvalue weighted by Crippen LogP contribution is 2.16. The van der Waals surface area contributed by atoms with E-state index in [9.17, 15) is 4.79 Å². The third kappa shape index (κ3) is 5.35. The van der Waals surface area contributed by atoms with Crippen molar-refractivity contribution in [2.75, 3.05) is 20.8 Å². The highest BCUT2D eigenvalue weighted by molar-refractivity contribution is 5.83. The molecule has 0 bridgehead atoms. The van der Waals surface area contributed by atoms with Crippen LogP contribution in [0.4, 0.5) is 0 Å². The van der Waals surface area contributed by atoms with Gasteiger partial charge in [0.2, 0.25) is 0 Å². The number of carbonyl (C=O) groups is 1. The largest absolute Gasteiger partial charge is 0.497 e. The van der Waals surface area contributed by atoms with Gasteiger partial charge in [-0.3, -0.25) is 4.79 Å². The van der Waals surface area contributed by atoms with Gasteiger partial charge in [-0.25, -0.2) is 5.43 Å². The van der Waals surface area contributed by atoms with E-state index >= 15 is 0 Å². The molecule has 0 aliphatic heterocycles. The van der Waals surface area contributed by atoms with E-state index in [4.69, 9.17) is 14.2 Å². The zero-order chi connectivity index (χ0) is 16.5. The minimum Gasteiger partial charge on any atom is -0.497 e. The first-order chi connectivity index (χ1) is 11.2. The Bertz CT molecular complexity index is 669. The molecule has 0 atom stereocenters. The molecular weight excluding hydrogens is 296 g/mol. The number of benzene rings is 2. The molecule has 0 fully saturated rings. The number of ether oxygens (including phenoxy) is 3. The number of methoxy groups -OCH3 is 2. The molecule has 120 valence electrons. The average Bonchev–Trinajstić information content (AvgIpc) is 2.60. The summed E-state index contributed by atoms with van der Waals surface area (Å²) >= 11 is 0. The monoisotopic (exact) mass is 314 g/mol. The van der Waals surface area contributed by atoms with Crippen LogP contribution in [0.25, 0.3) is 0 Å². The molecule has 0 heterocycles. The zero-order valence-corrected chi connectivity index (χ0v) is 13.0.